The normalized spacial score (nSPS) is 10.9. The van der Waals surface area contributed by atoms with Crippen molar-refractivity contribution < 1.29 is 13.6 Å². The van der Waals surface area contributed by atoms with Crippen molar-refractivity contribution in [2.24, 2.45) is 0 Å². The smallest absolute Gasteiger partial charge is 0.277 e. The first-order chi connectivity index (χ1) is 11.0. The Morgan fingerprint density at radius 2 is 2.00 bits per heavy atom. The molecule has 0 atom stereocenters. The van der Waals surface area contributed by atoms with Crippen LogP contribution >= 0.6 is 11.8 Å². The van der Waals surface area contributed by atoms with E-state index < -0.39 is 0 Å². The number of thioether (sulfide) groups is 1. The molecule has 6 heteroatoms. The molecular weight excluding hydrogens is 312 g/mol. The predicted molar refractivity (Wildman–Crippen MR) is 87.7 cm³/mol. The number of ketones is 1. The van der Waals surface area contributed by atoms with Crippen molar-refractivity contribution in [3.63, 3.8) is 0 Å². The monoisotopic (exact) mass is 328 g/mol. The molecule has 0 aliphatic rings. The number of aryl methyl sites for hydroxylation is 3. The van der Waals surface area contributed by atoms with Crippen LogP contribution in [-0.4, -0.2) is 21.7 Å². The van der Waals surface area contributed by atoms with Crippen LogP contribution in [0.15, 0.2) is 44.6 Å². The van der Waals surface area contributed by atoms with Crippen LogP contribution in [0, 0.1) is 20.8 Å². The number of carbonyl (C=O) groups excluding carboxylic acids is 1. The average molecular weight is 328 g/mol. The van der Waals surface area contributed by atoms with E-state index in [2.05, 4.69) is 10.2 Å². The van der Waals surface area contributed by atoms with E-state index in [0.717, 1.165) is 28.0 Å². The standard InChI is InChI=1S/C17H16N2O3S/c1-10-4-5-13(11(2)8-10)15(20)9-23-17-19-18-16(22-17)14-6-7-21-12(14)3/h4-8H,9H2,1-3H3. The van der Waals surface area contributed by atoms with Gasteiger partial charge in [0, 0.05) is 5.56 Å². The number of rotatable bonds is 5. The van der Waals surface area contributed by atoms with Gasteiger partial charge in [-0.2, -0.15) is 0 Å². The van der Waals surface area contributed by atoms with E-state index in [1.54, 1.807) is 12.3 Å². The molecule has 1 aromatic carbocycles. The molecule has 0 fully saturated rings. The molecule has 0 unspecified atom stereocenters. The number of carbonyl (C=O) groups is 1. The number of furan rings is 1. The van der Waals surface area contributed by atoms with E-state index in [1.807, 2.05) is 39.0 Å². The highest BCUT2D eigenvalue weighted by Crippen LogP contribution is 2.26. The van der Waals surface area contributed by atoms with Gasteiger partial charge in [-0.15, -0.1) is 10.2 Å². The quantitative estimate of drug-likeness (QED) is 0.515. The molecule has 0 saturated carbocycles. The van der Waals surface area contributed by atoms with Crippen LogP contribution < -0.4 is 0 Å². The lowest BCUT2D eigenvalue weighted by Gasteiger charge is -2.04. The summed E-state index contributed by atoms with van der Waals surface area (Å²) >= 11 is 1.24. The summed E-state index contributed by atoms with van der Waals surface area (Å²) in [4.78, 5) is 12.3. The van der Waals surface area contributed by atoms with Gasteiger partial charge in [0.25, 0.3) is 11.1 Å². The highest BCUT2D eigenvalue weighted by atomic mass is 32.2. The molecule has 3 rings (SSSR count). The number of benzene rings is 1. The summed E-state index contributed by atoms with van der Waals surface area (Å²) in [5, 5.41) is 8.33. The summed E-state index contributed by atoms with van der Waals surface area (Å²) in [6, 6.07) is 7.58. The van der Waals surface area contributed by atoms with Crippen molar-refractivity contribution in [2.45, 2.75) is 26.0 Å². The van der Waals surface area contributed by atoms with Crippen LogP contribution in [0.2, 0.25) is 0 Å². The summed E-state index contributed by atoms with van der Waals surface area (Å²) in [6.45, 7) is 5.78. The number of aromatic nitrogens is 2. The van der Waals surface area contributed by atoms with Gasteiger partial charge < -0.3 is 8.83 Å². The van der Waals surface area contributed by atoms with Gasteiger partial charge in [-0.25, -0.2) is 0 Å². The van der Waals surface area contributed by atoms with E-state index >= 15 is 0 Å². The van der Waals surface area contributed by atoms with Gasteiger partial charge in [0.15, 0.2) is 5.78 Å². The Balaban J connectivity index is 1.68. The summed E-state index contributed by atoms with van der Waals surface area (Å²) < 4.78 is 10.8. The number of hydrogen-bond donors (Lipinski definition) is 0. The number of Topliss-reactive ketones (excluding diaryl/α,β-unsaturated/α-hetero) is 1. The van der Waals surface area contributed by atoms with Crippen molar-refractivity contribution in [3.05, 3.63) is 53.0 Å². The lowest BCUT2D eigenvalue weighted by atomic mass is 10.0. The minimum atomic E-state index is 0.0479. The Bertz CT molecular complexity index is 851. The molecule has 0 N–H and O–H groups in total. The number of nitrogens with zero attached hydrogens (tertiary/aromatic N) is 2. The third kappa shape index (κ3) is 3.37. The Morgan fingerprint density at radius 3 is 2.70 bits per heavy atom. The highest BCUT2D eigenvalue weighted by molar-refractivity contribution is 7.99. The summed E-state index contributed by atoms with van der Waals surface area (Å²) in [7, 11) is 0. The molecule has 0 bridgehead atoms. The first-order valence-electron chi connectivity index (χ1n) is 7.16. The zero-order valence-corrected chi connectivity index (χ0v) is 13.9. The van der Waals surface area contributed by atoms with Crippen molar-refractivity contribution >= 4 is 17.5 Å². The molecule has 0 amide bonds. The second-order valence-corrected chi connectivity index (χ2v) is 6.22. The fraction of sp³-hybridized carbons (Fsp3) is 0.235. The second kappa shape index (κ2) is 6.42. The minimum absolute atomic E-state index is 0.0479. The Kier molecular flexibility index (Phi) is 4.34. The SMILES string of the molecule is Cc1ccc(C(=O)CSc2nnc(-c3ccoc3C)o2)c(C)c1. The van der Waals surface area contributed by atoms with Crippen LogP contribution in [-0.2, 0) is 0 Å². The maximum absolute atomic E-state index is 12.3. The van der Waals surface area contributed by atoms with E-state index in [1.165, 1.54) is 11.8 Å². The lowest BCUT2D eigenvalue weighted by Crippen LogP contribution is -2.04. The van der Waals surface area contributed by atoms with Crippen LogP contribution in [0.5, 0.6) is 0 Å². The van der Waals surface area contributed by atoms with Gasteiger partial charge in [-0.05, 0) is 32.4 Å². The molecule has 23 heavy (non-hydrogen) atoms. The Labute approximate surface area is 138 Å². The molecule has 2 aromatic heterocycles. The van der Waals surface area contributed by atoms with E-state index in [0.29, 0.717) is 11.1 Å². The summed E-state index contributed by atoms with van der Waals surface area (Å²) in [5.74, 6) is 1.43. The van der Waals surface area contributed by atoms with Crippen LogP contribution in [0.25, 0.3) is 11.5 Å². The fourth-order valence-corrected chi connectivity index (χ4v) is 2.96. The Morgan fingerprint density at radius 1 is 1.17 bits per heavy atom. The Hall–Kier alpha value is -2.34. The van der Waals surface area contributed by atoms with Gasteiger partial charge in [0.2, 0.25) is 0 Å². The van der Waals surface area contributed by atoms with Gasteiger partial charge >= 0.3 is 0 Å². The minimum Gasteiger partial charge on any atom is -0.469 e. The molecule has 0 aliphatic heterocycles. The van der Waals surface area contributed by atoms with Crippen molar-refractivity contribution in [1.82, 2.24) is 10.2 Å². The third-order valence-electron chi connectivity index (χ3n) is 3.50. The first kappa shape index (κ1) is 15.6. The molecule has 5 nitrogen and oxygen atoms in total. The molecule has 2 heterocycles. The highest BCUT2D eigenvalue weighted by Gasteiger charge is 2.15. The predicted octanol–water partition coefficient (Wildman–Crippen LogP) is 4.23. The molecule has 0 spiro atoms. The van der Waals surface area contributed by atoms with Crippen molar-refractivity contribution in [3.8, 4) is 11.5 Å². The van der Waals surface area contributed by atoms with Crippen LogP contribution in [0.1, 0.15) is 27.2 Å². The number of hydrogen-bond acceptors (Lipinski definition) is 6. The van der Waals surface area contributed by atoms with E-state index in [-0.39, 0.29) is 11.5 Å². The molecule has 3 aromatic rings. The molecule has 0 aliphatic carbocycles. The molecule has 118 valence electrons. The molecule has 0 saturated heterocycles. The fourth-order valence-electron chi connectivity index (χ4n) is 2.32. The maximum atomic E-state index is 12.3. The second-order valence-electron chi connectivity index (χ2n) is 5.29. The van der Waals surface area contributed by atoms with E-state index in [4.69, 9.17) is 8.83 Å². The van der Waals surface area contributed by atoms with Crippen LogP contribution in [0.4, 0.5) is 0 Å². The largest absolute Gasteiger partial charge is 0.469 e. The van der Waals surface area contributed by atoms with Gasteiger partial charge in [-0.3, -0.25) is 4.79 Å². The van der Waals surface area contributed by atoms with E-state index in [9.17, 15) is 4.79 Å². The van der Waals surface area contributed by atoms with Crippen LogP contribution in [0.3, 0.4) is 0 Å². The third-order valence-corrected chi connectivity index (χ3v) is 4.32. The summed E-state index contributed by atoms with van der Waals surface area (Å²) in [5.41, 5.74) is 3.62. The summed E-state index contributed by atoms with van der Waals surface area (Å²) in [6.07, 6.45) is 1.57. The lowest BCUT2D eigenvalue weighted by molar-refractivity contribution is 0.102. The maximum Gasteiger partial charge on any atom is 0.277 e. The molecular formula is C17H16N2O3S. The van der Waals surface area contributed by atoms with Gasteiger partial charge in [0.1, 0.15) is 5.76 Å². The van der Waals surface area contributed by atoms with Crippen molar-refractivity contribution in [1.29, 1.82) is 0 Å². The topological polar surface area (TPSA) is 69.1 Å². The average Bonchev–Trinajstić information content (AvgIpc) is 3.13. The zero-order chi connectivity index (χ0) is 16.4. The van der Waals surface area contributed by atoms with Gasteiger partial charge in [0.05, 0.1) is 17.6 Å². The molecule has 0 radical (unpaired) electrons. The van der Waals surface area contributed by atoms with Crippen molar-refractivity contribution in [2.75, 3.05) is 5.75 Å². The zero-order valence-electron chi connectivity index (χ0n) is 13.1. The van der Waals surface area contributed by atoms with Gasteiger partial charge in [-0.1, -0.05) is 35.5 Å². The first-order valence-corrected chi connectivity index (χ1v) is 8.14.